The van der Waals surface area contributed by atoms with Gasteiger partial charge in [-0.3, -0.25) is 4.79 Å². The van der Waals surface area contributed by atoms with Crippen LogP contribution in [0.3, 0.4) is 0 Å². The maximum absolute atomic E-state index is 13.0. The Morgan fingerprint density at radius 2 is 1.93 bits per heavy atom. The molecule has 0 spiro atoms. The molecule has 3 rings (SSSR count). The van der Waals surface area contributed by atoms with E-state index in [1.807, 2.05) is 55.5 Å². The molecule has 1 fully saturated rings. The Hall–Kier alpha value is -2.86. The zero-order chi connectivity index (χ0) is 20.1. The Morgan fingerprint density at radius 1 is 1.14 bits per heavy atom. The van der Waals surface area contributed by atoms with Crippen molar-refractivity contribution < 1.29 is 14.3 Å². The maximum Gasteiger partial charge on any atom is 0.281 e. The highest BCUT2D eigenvalue weighted by atomic mass is 32.1. The monoisotopic (exact) mass is 396 g/mol. The van der Waals surface area contributed by atoms with Crippen molar-refractivity contribution in [2.75, 3.05) is 18.1 Å². The molecule has 0 bridgehead atoms. The first-order chi connectivity index (χ1) is 13.5. The summed E-state index contributed by atoms with van der Waals surface area (Å²) in [5, 5.41) is 3.34. The van der Waals surface area contributed by atoms with Crippen LogP contribution in [0.1, 0.15) is 26.3 Å². The highest BCUT2D eigenvalue weighted by Gasteiger charge is 2.33. The molecule has 5 nitrogen and oxygen atoms in total. The minimum absolute atomic E-state index is 0.217. The molecule has 1 amide bonds. The quantitative estimate of drug-likeness (QED) is 0.556. The molecule has 0 aliphatic carbocycles. The fraction of sp³-hybridized carbons (Fsp3) is 0.273. The summed E-state index contributed by atoms with van der Waals surface area (Å²) in [5.74, 6) is 1.62. The predicted molar refractivity (Wildman–Crippen MR) is 116 cm³/mol. The average molecular weight is 397 g/mol. The highest BCUT2D eigenvalue weighted by Crippen LogP contribution is 2.31. The van der Waals surface area contributed by atoms with Gasteiger partial charge in [0.05, 0.1) is 18.9 Å². The summed E-state index contributed by atoms with van der Waals surface area (Å²) in [4.78, 5) is 14.5. The van der Waals surface area contributed by atoms with Crippen molar-refractivity contribution in [3.05, 3.63) is 59.8 Å². The maximum atomic E-state index is 13.0. The molecule has 1 N–H and O–H groups in total. The van der Waals surface area contributed by atoms with E-state index >= 15 is 0 Å². The lowest BCUT2D eigenvalue weighted by Crippen LogP contribution is -2.30. The van der Waals surface area contributed by atoms with Crippen LogP contribution in [0.15, 0.2) is 54.2 Å². The number of amides is 1. The summed E-state index contributed by atoms with van der Waals surface area (Å²) >= 11 is 5.41. The Balaban J connectivity index is 1.85. The van der Waals surface area contributed by atoms with Crippen molar-refractivity contribution in [3.8, 4) is 11.5 Å². The van der Waals surface area contributed by atoms with Crippen molar-refractivity contribution in [2.45, 2.75) is 20.8 Å². The van der Waals surface area contributed by atoms with E-state index in [9.17, 15) is 4.79 Å². The summed E-state index contributed by atoms with van der Waals surface area (Å²) in [6.07, 6.45) is 1.78. The van der Waals surface area contributed by atoms with Gasteiger partial charge in [-0.15, -0.1) is 0 Å². The molecule has 0 atom stereocenters. The van der Waals surface area contributed by atoms with Crippen LogP contribution in [-0.4, -0.2) is 24.2 Å². The van der Waals surface area contributed by atoms with Gasteiger partial charge in [-0.05, 0) is 61.0 Å². The Kier molecular flexibility index (Phi) is 6.31. The van der Waals surface area contributed by atoms with E-state index in [-0.39, 0.29) is 5.91 Å². The fourth-order valence-electron chi connectivity index (χ4n) is 2.80. The smallest absolute Gasteiger partial charge is 0.281 e. The molecule has 2 aromatic carbocycles. The van der Waals surface area contributed by atoms with Crippen molar-refractivity contribution in [1.29, 1.82) is 0 Å². The van der Waals surface area contributed by atoms with Crippen molar-refractivity contribution >= 4 is 35.0 Å². The van der Waals surface area contributed by atoms with Gasteiger partial charge in [0.25, 0.3) is 5.91 Å². The number of nitrogens with zero attached hydrogens (tertiary/aromatic N) is 1. The predicted octanol–water partition coefficient (Wildman–Crippen LogP) is 4.38. The van der Waals surface area contributed by atoms with Gasteiger partial charge in [0.2, 0.25) is 0 Å². The molecule has 2 aromatic rings. The second-order valence-electron chi connectivity index (χ2n) is 6.81. The molecule has 1 heterocycles. The van der Waals surface area contributed by atoms with Crippen molar-refractivity contribution in [3.63, 3.8) is 0 Å². The molecule has 0 saturated carbocycles. The summed E-state index contributed by atoms with van der Waals surface area (Å²) in [6.45, 7) is 7.25. The minimum atomic E-state index is -0.217. The zero-order valence-corrected chi connectivity index (χ0v) is 17.1. The molecule has 1 saturated heterocycles. The highest BCUT2D eigenvalue weighted by molar-refractivity contribution is 7.80. The molecule has 6 heteroatoms. The topological polar surface area (TPSA) is 50.8 Å². The molecular formula is C22H24N2O3S. The van der Waals surface area contributed by atoms with E-state index in [0.717, 1.165) is 11.3 Å². The largest absolute Gasteiger partial charge is 0.493 e. The number of carbonyl (C=O) groups is 1. The molecule has 28 heavy (non-hydrogen) atoms. The van der Waals surface area contributed by atoms with Crippen LogP contribution in [0.25, 0.3) is 6.08 Å². The average Bonchev–Trinajstić information content (AvgIpc) is 2.94. The lowest BCUT2D eigenvalue weighted by Gasteiger charge is -2.17. The van der Waals surface area contributed by atoms with E-state index < -0.39 is 0 Å². The van der Waals surface area contributed by atoms with Crippen LogP contribution >= 0.6 is 12.2 Å². The van der Waals surface area contributed by atoms with Gasteiger partial charge >= 0.3 is 0 Å². The number of carbonyl (C=O) groups excluding carboxylic acids is 1. The number of benzene rings is 2. The first-order valence-corrected chi connectivity index (χ1v) is 9.72. The Morgan fingerprint density at radius 3 is 2.68 bits per heavy atom. The van der Waals surface area contributed by atoms with E-state index in [2.05, 4.69) is 19.2 Å². The second kappa shape index (κ2) is 8.89. The first kappa shape index (κ1) is 19.9. The van der Waals surface area contributed by atoms with E-state index in [4.69, 9.17) is 21.7 Å². The number of hydrogen-bond donors (Lipinski definition) is 1. The van der Waals surface area contributed by atoms with Crippen LogP contribution in [0.2, 0.25) is 0 Å². The van der Waals surface area contributed by atoms with Gasteiger partial charge in [0.1, 0.15) is 17.2 Å². The number of anilines is 1. The van der Waals surface area contributed by atoms with E-state index in [0.29, 0.717) is 41.4 Å². The summed E-state index contributed by atoms with van der Waals surface area (Å²) < 4.78 is 11.4. The number of rotatable bonds is 7. The summed E-state index contributed by atoms with van der Waals surface area (Å²) in [7, 11) is 0. The van der Waals surface area contributed by atoms with Gasteiger partial charge in [-0.2, -0.15) is 0 Å². The minimum Gasteiger partial charge on any atom is -0.493 e. The van der Waals surface area contributed by atoms with Crippen LogP contribution in [-0.2, 0) is 4.79 Å². The van der Waals surface area contributed by atoms with Crippen LogP contribution in [0.4, 0.5) is 5.69 Å². The normalized spacial score (nSPS) is 15.3. The van der Waals surface area contributed by atoms with Gasteiger partial charge in [-0.25, -0.2) is 4.90 Å². The summed E-state index contributed by atoms with van der Waals surface area (Å²) in [6, 6.07) is 15.0. The third-order valence-electron chi connectivity index (χ3n) is 4.04. The third kappa shape index (κ3) is 4.51. The molecule has 0 radical (unpaired) electrons. The Labute approximate surface area is 170 Å². The number of hydrogen-bond acceptors (Lipinski definition) is 4. The number of para-hydroxylation sites is 2. The number of ether oxygens (including phenoxy) is 2. The Bertz CT molecular complexity index is 908. The van der Waals surface area contributed by atoms with Gasteiger partial charge < -0.3 is 14.8 Å². The van der Waals surface area contributed by atoms with Crippen LogP contribution in [0.5, 0.6) is 11.5 Å². The molecule has 146 valence electrons. The zero-order valence-electron chi connectivity index (χ0n) is 16.3. The number of nitrogens with one attached hydrogen (secondary N) is 1. The first-order valence-electron chi connectivity index (χ1n) is 9.31. The lowest BCUT2D eigenvalue weighted by molar-refractivity contribution is -0.113. The molecular weight excluding hydrogens is 372 g/mol. The standard InChI is InChI=1S/C22H24N2O3S/c1-4-26-20-11-6-5-10-19(20)24-21(25)18(23-22(24)28)13-16-8-7-9-17(12-16)27-14-15(2)3/h5-13,15H,4,14H2,1-3H3,(H,23,28)/b18-13+. The van der Waals surface area contributed by atoms with Crippen molar-refractivity contribution in [1.82, 2.24) is 5.32 Å². The van der Waals surface area contributed by atoms with Gasteiger partial charge in [0, 0.05) is 0 Å². The molecule has 1 aliphatic rings. The molecule has 0 aromatic heterocycles. The second-order valence-corrected chi connectivity index (χ2v) is 7.19. The summed E-state index contributed by atoms with van der Waals surface area (Å²) in [5.41, 5.74) is 1.90. The van der Waals surface area contributed by atoms with Gasteiger partial charge in [0.15, 0.2) is 5.11 Å². The van der Waals surface area contributed by atoms with Crippen molar-refractivity contribution in [2.24, 2.45) is 5.92 Å². The molecule has 0 unspecified atom stereocenters. The van der Waals surface area contributed by atoms with Gasteiger partial charge in [-0.1, -0.05) is 38.1 Å². The van der Waals surface area contributed by atoms with E-state index in [1.54, 1.807) is 6.08 Å². The third-order valence-corrected chi connectivity index (χ3v) is 4.32. The van der Waals surface area contributed by atoms with Crippen LogP contribution in [0, 0.1) is 5.92 Å². The molecule has 1 aliphatic heterocycles. The lowest BCUT2D eigenvalue weighted by atomic mass is 10.1. The number of thiocarbonyl (C=S) groups is 1. The fourth-order valence-corrected chi connectivity index (χ4v) is 3.09. The van der Waals surface area contributed by atoms with E-state index in [1.165, 1.54) is 4.90 Å². The van der Waals surface area contributed by atoms with Crippen LogP contribution < -0.4 is 19.7 Å². The SMILES string of the molecule is CCOc1ccccc1N1C(=O)/C(=C\c2cccc(OCC(C)C)c2)NC1=S.